The lowest BCUT2D eigenvalue weighted by molar-refractivity contribution is 0.0924. The molecule has 1 aromatic heterocycles. The van der Waals surface area contributed by atoms with E-state index < -0.39 is 0 Å². The Morgan fingerprint density at radius 2 is 1.91 bits per heavy atom. The van der Waals surface area contributed by atoms with Crippen LogP contribution in [-0.4, -0.2) is 13.0 Å². The fraction of sp³-hybridized carbons (Fsp3) is 0.211. The molecule has 0 atom stereocenters. The number of fused-ring (bicyclic) bond motifs is 1. The lowest BCUT2D eigenvalue weighted by Gasteiger charge is -2.08. The Balaban J connectivity index is 1.84. The first kappa shape index (κ1) is 15.2. The molecule has 0 saturated heterocycles. The molecule has 0 aliphatic carbocycles. The summed E-state index contributed by atoms with van der Waals surface area (Å²) in [5, 5.41) is 3.88. The number of methoxy groups -OCH3 is 1. The van der Waals surface area contributed by atoms with E-state index in [1.165, 1.54) is 0 Å². The Morgan fingerprint density at radius 3 is 2.65 bits per heavy atom. The van der Waals surface area contributed by atoms with Gasteiger partial charge < -0.3 is 14.5 Å². The van der Waals surface area contributed by atoms with E-state index in [4.69, 9.17) is 9.15 Å². The molecule has 3 rings (SSSR count). The molecule has 1 N–H and O–H groups in total. The first-order chi connectivity index (χ1) is 11.1. The minimum absolute atomic E-state index is 0.219. The molecule has 118 valence electrons. The van der Waals surface area contributed by atoms with Gasteiger partial charge in [0.05, 0.1) is 7.11 Å². The van der Waals surface area contributed by atoms with Crippen molar-refractivity contribution in [3.8, 4) is 5.75 Å². The fourth-order valence-corrected chi connectivity index (χ4v) is 2.71. The van der Waals surface area contributed by atoms with Crippen LogP contribution >= 0.6 is 0 Å². The minimum Gasteiger partial charge on any atom is -0.496 e. The number of nitrogens with one attached hydrogen (secondary N) is 1. The molecule has 0 bridgehead atoms. The molecule has 2 aromatic carbocycles. The maximum atomic E-state index is 12.5. The van der Waals surface area contributed by atoms with Crippen LogP contribution < -0.4 is 10.1 Å². The third-order valence-electron chi connectivity index (χ3n) is 4.00. The molecule has 0 aliphatic rings. The van der Waals surface area contributed by atoms with Gasteiger partial charge in [-0.2, -0.15) is 0 Å². The van der Waals surface area contributed by atoms with E-state index in [0.29, 0.717) is 12.3 Å². The van der Waals surface area contributed by atoms with Crippen LogP contribution in [0.3, 0.4) is 0 Å². The Hall–Kier alpha value is -2.75. The molecule has 0 aliphatic heterocycles. The zero-order valence-electron chi connectivity index (χ0n) is 13.5. The summed E-state index contributed by atoms with van der Waals surface area (Å²) in [6.45, 7) is 4.27. The summed E-state index contributed by atoms with van der Waals surface area (Å²) in [6.07, 6.45) is 0. The molecule has 1 amide bonds. The molecule has 23 heavy (non-hydrogen) atoms. The summed E-state index contributed by atoms with van der Waals surface area (Å²) in [7, 11) is 1.62. The summed E-state index contributed by atoms with van der Waals surface area (Å²) >= 11 is 0. The SMILES string of the molecule is COc1ccccc1CNC(=O)c1oc2c(C)cccc2c1C. The standard InChI is InChI=1S/C19H19NO3/c1-12-7-6-9-15-13(2)18(23-17(12)15)19(21)20-11-14-8-4-5-10-16(14)22-3/h4-10H,11H2,1-3H3,(H,20,21). The number of para-hydroxylation sites is 2. The van der Waals surface area contributed by atoms with Crippen molar-refractivity contribution < 1.29 is 13.9 Å². The molecule has 3 aromatic rings. The maximum absolute atomic E-state index is 12.5. The van der Waals surface area contributed by atoms with Gasteiger partial charge in [-0.1, -0.05) is 36.4 Å². The van der Waals surface area contributed by atoms with Crippen LogP contribution in [0.5, 0.6) is 5.75 Å². The number of carbonyl (C=O) groups is 1. The number of hydrogen-bond donors (Lipinski definition) is 1. The molecule has 0 radical (unpaired) electrons. The third-order valence-corrected chi connectivity index (χ3v) is 4.00. The van der Waals surface area contributed by atoms with Gasteiger partial charge in [0.1, 0.15) is 11.3 Å². The highest BCUT2D eigenvalue weighted by Crippen LogP contribution is 2.27. The average Bonchev–Trinajstić information content (AvgIpc) is 2.91. The summed E-state index contributed by atoms with van der Waals surface area (Å²) in [5.41, 5.74) is 3.58. The highest BCUT2D eigenvalue weighted by atomic mass is 16.5. The van der Waals surface area contributed by atoms with Crippen molar-refractivity contribution in [2.45, 2.75) is 20.4 Å². The minimum atomic E-state index is -0.219. The molecule has 4 heteroatoms. The number of benzene rings is 2. The van der Waals surface area contributed by atoms with E-state index in [0.717, 1.165) is 33.4 Å². The van der Waals surface area contributed by atoms with Crippen LogP contribution in [0, 0.1) is 13.8 Å². The van der Waals surface area contributed by atoms with Crippen molar-refractivity contribution in [3.63, 3.8) is 0 Å². The van der Waals surface area contributed by atoms with Crippen LogP contribution in [0.1, 0.15) is 27.2 Å². The number of carbonyl (C=O) groups excluding carboxylic acids is 1. The second-order valence-corrected chi connectivity index (χ2v) is 5.50. The molecule has 4 nitrogen and oxygen atoms in total. The van der Waals surface area contributed by atoms with Crippen LogP contribution in [0.2, 0.25) is 0 Å². The van der Waals surface area contributed by atoms with Gasteiger partial charge >= 0.3 is 0 Å². The quantitative estimate of drug-likeness (QED) is 0.793. The second-order valence-electron chi connectivity index (χ2n) is 5.50. The molecule has 0 spiro atoms. The first-order valence-electron chi connectivity index (χ1n) is 7.50. The molecular weight excluding hydrogens is 290 g/mol. The van der Waals surface area contributed by atoms with Crippen molar-refractivity contribution in [2.75, 3.05) is 7.11 Å². The van der Waals surface area contributed by atoms with E-state index in [1.807, 2.05) is 56.3 Å². The zero-order chi connectivity index (χ0) is 16.4. The third kappa shape index (κ3) is 2.80. The monoisotopic (exact) mass is 309 g/mol. The molecule has 0 fully saturated rings. The van der Waals surface area contributed by atoms with Gasteiger partial charge in [0, 0.05) is 23.1 Å². The predicted octanol–water partition coefficient (Wildman–Crippen LogP) is 3.99. The molecular formula is C19H19NO3. The summed E-state index contributed by atoms with van der Waals surface area (Å²) < 4.78 is 11.1. The number of rotatable bonds is 4. The van der Waals surface area contributed by atoms with Crippen molar-refractivity contribution in [2.24, 2.45) is 0 Å². The van der Waals surface area contributed by atoms with Crippen molar-refractivity contribution >= 4 is 16.9 Å². The van der Waals surface area contributed by atoms with Crippen LogP contribution in [0.4, 0.5) is 0 Å². The highest BCUT2D eigenvalue weighted by molar-refractivity contribution is 5.99. The maximum Gasteiger partial charge on any atom is 0.287 e. The lowest BCUT2D eigenvalue weighted by atomic mass is 10.1. The Bertz CT molecular complexity index is 864. The van der Waals surface area contributed by atoms with Gasteiger partial charge in [-0.3, -0.25) is 4.79 Å². The summed E-state index contributed by atoms with van der Waals surface area (Å²) in [5.74, 6) is 0.901. The highest BCUT2D eigenvalue weighted by Gasteiger charge is 2.18. The van der Waals surface area contributed by atoms with E-state index >= 15 is 0 Å². The smallest absolute Gasteiger partial charge is 0.287 e. The van der Waals surface area contributed by atoms with Gasteiger partial charge in [-0.05, 0) is 25.5 Å². The van der Waals surface area contributed by atoms with Gasteiger partial charge in [-0.15, -0.1) is 0 Å². The molecule has 0 unspecified atom stereocenters. The van der Waals surface area contributed by atoms with E-state index in [-0.39, 0.29) is 5.91 Å². The van der Waals surface area contributed by atoms with Gasteiger partial charge in [0.15, 0.2) is 5.76 Å². The van der Waals surface area contributed by atoms with Gasteiger partial charge in [0.2, 0.25) is 0 Å². The largest absolute Gasteiger partial charge is 0.496 e. The van der Waals surface area contributed by atoms with Crippen LogP contribution in [0.15, 0.2) is 46.9 Å². The Kier molecular flexibility index (Phi) is 4.06. The fourth-order valence-electron chi connectivity index (χ4n) is 2.71. The van der Waals surface area contributed by atoms with E-state index in [2.05, 4.69) is 5.32 Å². The number of furan rings is 1. The Labute approximate surface area is 135 Å². The van der Waals surface area contributed by atoms with Crippen molar-refractivity contribution in [1.82, 2.24) is 5.32 Å². The number of hydrogen-bond acceptors (Lipinski definition) is 3. The normalized spacial score (nSPS) is 10.7. The van der Waals surface area contributed by atoms with Crippen molar-refractivity contribution in [3.05, 3.63) is 64.9 Å². The van der Waals surface area contributed by atoms with Crippen molar-refractivity contribution in [1.29, 1.82) is 0 Å². The van der Waals surface area contributed by atoms with E-state index in [9.17, 15) is 4.79 Å². The van der Waals surface area contributed by atoms with Gasteiger partial charge in [-0.25, -0.2) is 0 Å². The molecule has 0 saturated carbocycles. The van der Waals surface area contributed by atoms with Crippen LogP contribution in [-0.2, 0) is 6.54 Å². The topological polar surface area (TPSA) is 51.5 Å². The van der Waals surface area contributed by atoms with Crippen LogP contribution in [0.25, 0.3) is 11.0 Å². The second kappa shape index (κ2) is 6.16. The predicted molar refractivity (Wildman–Crippen MR) is 89.9 cm³/mol. The van der Waals surface area contributed by atoms with E-state index in [1.54, 1.807) is 7.11 Å². The Morgan fingerprint density at radius 1 is 1.13 bits per heavy atom. The summed E-state index contributed by atoms with van der Waals surface area (Å²) in [6, 6.07) is 13.5. The number of aryl methyl sites for hydroxylation is 2. The molecule has 1 heterocycles. The zero-order valence-corrected chi connectivity index (χ0v) is 13.5. The first-order valence-corrected chi connectivity index (χ1v) is 7.50. The lowest BCUT2D eigenvalue weighted by Crippen LogP contribution is -2.23. The average molecular weight is 309 g/mol. The number of amides is 1. The number of ether oxygens (including phenoxy) is 1. The van der Waals surface area contributed by atoms with Gasteiger partial charge in [0.25, 0.3) is 5.91 Å². The summed E-state index contributed by atoms with van der Waals surface area (Å²) in [4.78, 5) is 12.5.